The SMILES string of the molecule is O=C(CN1C(=O)c2cc(Cl)ccc2S1(=O)=O)C1CC2(CCOC2)C1. The lowest BCUT2D eigenvalue weighted by molar-refractivity contribution is -0.130. The van der Waals surface area contributed by atoms with Crippen molar-refractivity contribution >= 4 is 33.3 Å². The van der Waals surface area contributed by atoms with Crippen molar-refractivity contribution in [2.24, 2.45) is 11.3 Å². The number of carbonyl (C=O) groups excluding carboxylic acids is 2. The third kappa shape index (κ3) is 2.29. The second-order valence-corrected chi connectivity index (χ2v) is 9.10. The molecule has 1 amide bonds. The van der Waals surface area contributed by atoms with Crippen LogP contribution in [-0.4, -0.2) is 44.2 Å². The zero-order chi connectivity index (χ0) is 17.1. The number of Topliss-reactive ketones (excluding diaryl/α,β-unsaturated/α-hetero) is 1. The summed E-state index contributed by atoms with van der Waals surface area (Å²) in [4.78, 5) is 24.8. The smallest absolute Gasteiger partial charge is 0.269 e. The third-order valence-corrected chi connectivity index (χ3v) is 7.29. The van der Waals surface area contributed by atoms with Gasteiger partial charge in [0, 0.05) is 17.5 Å². The number of hydrogen-bond donors (Lipinski definition) is 0. The molecule has 1 aliphatic carbocycles. The fourth-order valence-electron chi connectivity index (χ4n) is 3.87. The maximum atomic E-state index is 12.5. The van der Waals surface area contributed by atoms with Crippen molar-refractivity contribution in [2.45, 2.75) is 24.2 Å². The molecular weight excluding hydrogens is 354 g/mol. The van der Waals surface area contributed by atoms with Crippen molar-refractivity contribution < 1.29 is 22.7 Å². The van der Waals surface area contributed by atoms with Gasteiger partial charge >= 0.3 is 0 Å². The second kappa shape index (κ2) is 5.28. The molecule has 2 heterocycles. The van der Waals surface area contributed by atoms with Crippen LogP contribution >= 0.6 is 11.6 Å². The lowest BCUT2D eigenvalue weighted by atomic mass is 9.60. The first-order chi connectivity index (χ1) is 11.3. The van der Waals surface area contributed by atoms with Gasteiger partial charge in [-0.25, -0.2) is 12.7 Å². The van der Waals surface area contributed by atoms with Gasteiger partial charge in [0.25, 0.3) is 15.9 Å². The summed E-state index contributed by atoms with van der Waals surface area (Å²) < 4.78 is 31.1. The molecule has 0 unspecified atom stereocenters. The Hall–Kier alpha value is -1.44. The molecule has 0 atom stereocenters. The van der Waals surface area contributed by atoms with Gasteiger partial charge in [-0.1, -0.05) is 11.6 Å². The molecule has 8 heteroatoms. The van der Waals surface area contributed by atoms with Gasteiger partial charge in [0.05, 0.1) is 18.7 Å². The van der Waals surface area contributed by atoms with E-state index in [0.29, 0.717) is 23.8 Å². The lowest BCUT2D eigenvalue weighted by Gasteiger charge is -2.43. The number of benzene rings is 1. The summed E-state index contributed by atoms with van der Waals surface area (Å²) >= 11 is 5.84. The number of halogens is 1. The Morgan fingerprint density at radius 2 is 2.12 bits per heavy atom. The molecular formula is C16H16ClNO5S. The van der Waals surface area contributed by atoms with Crippen LogP contribution in [0.1, 0.15) is 29.6 Å². The lowest BCUT2D eigenvalue weighted by Crippen LogP contribution is -2.46. The maximum absolute atomic E-state index is 12.5. The predicted molar refractivity (Wildman–Crippen MR) is 85.3 cm³/mol. The number of nitrogens with zero attached hydrogens (tertiary/aromatic N) is 1. The van der Waals surface area contributed by atoms with Gasteiger partial charge < -0.3 is 4.74 Å². The number of amides is 1. The summed E-state index contributed by atoms with van der Waals surface area (Å²) in [6.45, 7) is 0.979. The minimum atomic E-state index is -3.97. The molecule has 1 saturated heterocycles. The van der Waals surface area contributed by atoms with Gasteiger partial charge in [0.1, 0.15) is 4.90 Å². The molecule has 1 aromatic carbocycles. The molecule has 2 aliphatic heterocycles. The van der Waals surface area contributed by atoms with E-state index in [9.17, 15) is 18.0 Å². The first-order valence-corrected chi connectivity index (χ1v) is 9.61. The third-order valence-electron chi connectivity index (χ3n) is 5.27. The highest BCUT2D eigenvalue weighted by Crippen LogP contribution is 2.51. The van der Waals surface area contributed by atoms with Gasteiger partial charge in [0.2, 0.25) is 0 Å². The fourth-order valence-corrected chi connectivity index (χ4v) is 5.56. The van der Waals surface area contributed by atoms with Crippen molar-refractivity contribution in [3.8, 4) is 0 Å². The summed E-state index contributed by atoms with van der Waals surface area (Å²) in [5, 5.41) is 0.285. The Bertz CT molecular complexity index is 836. The van der Waals surface area contributed by atoms with Gasteiger partial charge in [-0.3, -0.25) is 9.59 Å². The fraction of sp³-hybridized carbons (Fsp3) is 0.500. The maximum Gasteiger partial charge on any atom is 0.269 e. The number of ether oxygens (including phenoxy) is 1. The first-order valence-electron chi connectivity index (χ1n) is 7.80. The summed E-state index contributed by atoms with van der Waals surface area (Å²) in [5.74, 6) is -1.08. The molecule has 6 nitrogen and oxygen atoms in total. The molecule has 0 N–H and O–H groups in total. The minimum absolute atomic E-state index is 0.0320. The van der Waals surface area contributed by atoms with Crippen LogP contribution in [0.2, 0.25) is 5.02 Å². The molecule has 128 valence electrons. The van der Waals surface area contributed by atoms with Crippen LogP contribution in [0.4, 0.5) is 0 Å². The molecule has 0 aromatic heterocycles. The number of carbonyl (C=O) groups is 2. The molecule has 1 spiro atoms. The highest BCUT2D eigenvalue weighted by Gasteiger charge is 2.51. The monoisotopic (exact) mass is 369 g/mol. The van der Waals surface area contributed by atoms with E-state index in [1.54, 1.807) is 0 Å². The molecule has 1 aromatic rings. The van der Waals surface area contributed by atoms with Gasteiger partial charge in [-0.05, 0) is 42.9 Å². The topological polar surface area (TPSA) is 80.8 Å². The average molecular weight is 370 g/mol. The van der Waals surface area contributed by atoms with Crippen LogP contribution in [0.3, 0.4) is 0 Å². The first kappa shape index (κ1) is 16.1. The standard InChI is InChI=1S/C16H16ClNO5S/c17-11-1-2-14-12(5-11)15(20)18(24(14,21)22)8-13(19)10-6-16(7-10)3-4-23-9-16/h1-2,5,10H,3-4,6-9H2. The normalized spacial score (nSPS) is 30.5. The quantitative estimate of drug-likeness (QED) is 0.812. The van der Waals surface area contributed by atoms with E-state index in [0.717, 1.165) is 13.0 Å². The van der Waals surface area contributed by atoms with Gasteiger partial charge in [0.15, 0.2) is 5.78 Å². The summed E-state index contributed by atoms with van der Waals surface area (Å²) in [5.41, 5.74) is 0.120. The Kier molecular flexibility index (Phi) is 3.53. The van der Waals surface area contributed by atoms with Crippen molar-refractivity contribution in [1.82, 2.24) is 4.31 Å². The van der Waals surface area contributed by atoms with Crippen molar-refractivity contribution in [3.63, 3.8) is 0 Å². The highest BCUT2D eigenvalue weighted by atomic mass is 35.5. The number of rotatable bonds is 3. The molecule has 0 radical (unpaired) electrons. The molecule has 2 fully saturated rings. The minimum Gasteiger partial charge on any atom is -0.381 e. The molecule has 0 bridgehead atoms. The molecule has 3 aliphatic rings. The van der Waals surface area contributed by atoms with Gasteiger partial charge in [-0.2, -0.15) is 0 Å². The molecule has 4 rings (SSSR count). The number of sulfonamides is 1. The van der Waals surface area contributed by atoms with E-state index in [2.05, 4.69) is 0 Å². The van der Waals surface area contributed by atoms with E-state index < -0.39 is 22.5 Å². The summed E-state index contributed by atoms with van der Waals surface area (Å²) in [7, 11) is -3.97. The van der Waals surface area contributed by atoms with Crippen LogP contribution in [0.25, 0.3) is 0 Å². The molecule has 1 saturated carbocycles. The Balaban J connectivity index is 1.51. The van der Waals surface area contributed by atoms with Crippen LogP contribution < -0.4 is 0 Å². The zero-order valence-corrected chi connectivity index (χ0v) is 14.4. The van der Waals surface area contributed by atoms with Crippen LogP contribution in [-0.2, 0) is 19.6 Å². The second-order valence-electron chi connectivity index (χ2n) is 6.83. The van der Waals surface area contributed by atoms with E-state index in [1.807, 2.05) is 0 Å². The highest BCUT2D eigenvalue weighted by molar-refractivity contribution is 7.90. The number of fused-ring (bicyclic) bond motifs is 1. The van der Waals surface area contributed by atoms with Crippen molar-refractivity contribution in [3.05, 3.63) is 28.8 Å². The van der Waals surface area contributed by atoms with E-state index >= 15 is 0 Å². The van der Waals surface area contributed by atoms with E-state index in [-0.39, 0.29) is 32.6 Å². The number of ketones is 1. The van der Waals surface area contributed by atoms with E-state index in [4.69, 9.17) is 16.3 Å². The Labute approximate surface area is 144 Å². The molecule has 24 heavy (non-hydrogen) atoms. The van der Waals surface area contributed by atoms with E-state index in [1.165, 1.54) is 18.2 Å². The number of hydrogen-bond acceptors (Lipinski definition) is 5. The zero-order valence-electron chi connectivity index (χ0n) is 12.8. The summed E-state index contributed by atoms with van der Waals surface area (Å²) in [6.07, 6.45) is 2.38. The van der Waals surface area contributed by atoms with Crippen LogP contribution in [0.15, 0.2) is 23.1 Å². The van der Waals surface area contributed by atoms with Gasteiger partial charge in [-0.15, -0.1) is 0 Å². The largest absolute Gasteiger partial charge is 0.381 e. The Morgan fingerprint density at radius 3 is 2.79 bits per heavy atom. The predicted octanol–water partition coefficient (Wildman–Crippen LogP) is 1.87. The summed E-state index contributed by atoms with van der Waals surface area (Å²) in [6, 6.07) is 4.06. The Morgan fingerprint density at radius 1 is 1.38 bits per heavy atom. The van der Waals surface area contributed by atoms with Crippen LogP contribution in [0, 0.1) is 11.3 Å². The van der Waals surface area contributed by atoms with Crippen molar-refractivity contribution in [2.75, 3.05) is 19.8 Å². The average Bonchev–Trinajstić information content (AvgIpc) is 3.05. The van der Waals surface area contributed by atoms with Crippen molar-refractivity contribution in [1.29, 1.82) is 0 Å². The van der Waals surface area contributed by atoms with Crippen LogP contribution in [0.5, 0.6) is 0 Å².